The molecule has 0 radical (unpaired) electrons. The Bertz CT molecular complexity index is 575. The molecule has 0 amide bonds. The van der Waals surface area contributed by atoms with E-state index in [4.69, 9.17) is 0 Å². The van der Waals surface area contributed by atoms with Crippen LogP contribution in [-0.2, 0) is 19.4 Å². The maximum Gasteiger partial charge on any atom is 0.341 e. The standard InChI is InChI=1S/C12H15F2NO4S/c1-3-15(8-11(16)19-2)9-6-4-5-7-10(9)20(17,18)12(13)14/h4-7,12H,3,8H2,1-2H3. The van der Waals surface area contributed by atoms with Crippen molar-refractivity contribution in [2.24, 2.45) is 0 Å². The molecule has 1 aromatic rings. The largest absolute Gasteiger partial charge is 0.468 e. The van der Waals surface area contributed by atoms with Crippen LogP contribution in [0.25, 0.3) is 0 Å². The van der Waals surface area contributed by atoms with Crippen molar-refractivity contribution in [1.82, 2.24) is 0 Å². The molecule has 0 spiro atoms. The van der Waals surface area contributed by atoms with Crippen molar-refractivity contribution >= 4 is 21.5 Å². The molecule has 20 heavy (non-hydrogen) atoms. The highest BCUT2D eigenvalue weighted by molar-refractivity contribution is 7.91. The predicted molar refractivity (Wildman–Crippen MR) is 69.5 cm³/mol. The summed E-state index contributed by atoms with van der Waals surface area (Å²) in [4.78, 5) is 12.2. The van der Waals surface area contributed by atoms with Crippen LogP contribution in [0.4, 0.5) is 14.5 Å². The minimum absolute atomic E-state index is 0.0562. The lowest BCUT2D eigenvalue weighted by molar-refractivity contribution is -0.138. The van der Waals surface area contributed by atoms with Gasteiger partial charge in [-0.25, -0.2) is 8.42 Å². The Hall–Kier alpha value is -1.70. The Labute approximate surface area is 116 Å². The van der Waals surface area contributed by atoms with Crippen molar-refractivity contribution in [2.75, 3.05) is 25.1 Å². The molecule has 5 nitrogen and oxygen atoms in total. The first-order chi connectivity index (χ1) is 9.34. The Kier molecular flexibility index (Phi) is 5.43. The van der Waals surface area contributed by atoms with Crippen molar-refractivity contribution in [3.63, 3.8) is 0 Å². The lowest BCUT2D eigenvalue weighted by Crippen LogP contribution is -2.31. The highest BCUT2D eigenvalue weighted by Crippen LogP contribution is 2.28. The molecule has 1 rings (SSSR count). The smallest absolute Gasteiger partial charge is 0.341 e. The fraction of sp³-hybridized carbons (Fsp3) is 0.417. The lowest BCUT2D eigenvalue weighted by atomic mass is 10.3. The molecule has 0 saturated carbocycles. The first kappa shape index (κ1) is 16.4. The Morgan fingerprint density at radius 3 is 2.45 bits per heavy atom. The number of anilines is 1. The summed E-state index contributed by atoms with van der Waals surface area (Å²) < 4.78 is 53.1. The third-order valence-electron chi connectivity index (χ3n) is 2.68. The fourth-order valence-corrected chi connectivity index (χ4v) is 2.59. The average molecular weight is 307 g/mol. The summed E-state index contributed by atoms with van der Waals surface area (Å²) in [5.74, 6) is -4.10. The molecule has 0 fully saturated rings. The van der Waals surface area contributed by atoms with E-state index in [1.54, 1.807) is 6.92 Å². The third kappa shape index (κ3) is 3.44. The highest BCUT2D eigenvalue weighted by atomic mass is 32.2. The van der Waals surface area contributed by atoms with Gasteiger partial charge in [0.2, 0.25) is 9.84 Å². The van der Waals surface area contributed by atoms with Crippen LogP contribution >= 0.6 is 0 Å². The van der Waals surface area contributed by atoms with E-state index in [2.05, 4.69) is 4.74 Å². The zero-order valence-electron chi connectivity index (χ0n) is 11.0. The van der Waals surface area contributed by atoms with Gasteiger partial charge in [0.25, 0.3) is 0 Å². The maximum atomic E-state index is 12.7. The number of carbonyl (C=O) groups is 1. The summed E-state index contributed by atoms with van der Waals surface area (Å²) in [6.07, 6.45) is 0. The Morgan fingerprint density at radius 2 is 1.95 bits per heavy atom. The second-order valence-corrected chi connectivity index (χ2v) is 5.75. The molecule has 0 atom stereocenters. The van der Waals surface area contributed by atoms with Gasteiger partial charge < -0.3 is 9.64 Å². The van der Waals surface area contributed by atoms with E-state index in [1.807, 2.05) is 0 Å². The van der Waals surface area contributed by atoms with Crippen LogP contribution in [0.15, 0.2) is 29.2 Å². The number of esters is 1. The van der Waals surface area contributed by atoms with Gasteiger partial charge in [-0.15, -0.1) is 0 Å². The molecule has 0 saturated heterocycles. The van der Waals surface area contributed by atoms with Crippen LogP contribution in [0.5, 0.6) is 0 Å². The van der Waals surface area contributed by atoms with E-state index in [9.17, 15) is 22.0 Å². The topological polar surface area (TPSA) is 63.7 Å². The molecule has 1 aromatic carbocycles. The normalized spacial score (nSPS) is 11.4. The number of hydrogen-bond donors (Lipinski definition) is 0. The summed E-state index contributed by atoms with van der Waals surface area (Å²) in [5, 5.41) is 0. The molecular weight excluding hydrogens is 292 g/mol. The molecule has 0 aliphatic rings. The number of ether oxygens (including phenoxy) is 1. The number of para-hydroxylation sites is 1. The molecule has 0 heterocycles. The number of benzene rings is 1. The minimum atomic E-state index is -4.73. The Morgan fingerprint density at radius 1 is 1.35 bits per heavy atom. The van der Waals surface area contributed by atoms with E-state index in [1.165, 1.54) is 30.2 Å². The van der Waals surface area contributed by atoms with Gasteiger partial charge in [0.15, 0.2) is 0 Å². The van der Waals surface area contributed by atoms with Gasteiger partial charge in [-0.2, -0.15) is 8.78 Å². The van der Waals surface area contributed by atoms with E-state index in [-0.39, 0.29) is 18.8 Å². The van der Waals surface area contributed by atoms with Gasteiger partial charge in [-0.05, 0) is 19.1 Å². The molecule has 0 N–H and O–H groups in total. The van der Waals surface area contributed by atoms with Crippen molar-refractivity contribution in [1.29, 1.82) is 0 Å². The van der Waals surface area contributed by atoms with Crippen molar-refractivity contribution in [3.8, 4) is 0 Å². The number of nitrogens with zero attached hydrogens (tertiary/aromatic N) is 1. The van der Waals surface area contributed by atoms with Gasteiger partial charge in [0.1, 0.15) is 6.54 Å². The van der Waals surface area contributed by atoms with E-state index < -0.39 is 26.5 Å². The first-order valence-corrected chi connectivity index (χ1v) is 7.32. The van der Waals surface area contributed by atoms with Crippen LogP contribution in [0.1, 0.15) is 6.92 Å². The summed E-state index contributed by atoms with van der Waals surface area (Å²) in [6, 6.07) is 5.34. The van der Waals surface area contributed by atoms with E-state index in [0.29, 0.717) is 0 Å². The SMILES string of the molecule is CCN(CC(=O)OC)c1ccccc1S(=O)(=O)C(F)F. The van der Waals surface area contributed by atoms with Gasteiger partial charge in [0.05, 0.1) is 17.7 Å². The molecule has 0 unspecified atom stereocenters. The summed E-state index contributed by atoms with van der Waals surface area (Å²) >= 11 is 0. The van der Waals surface area contributed by atoms with Gasteiger partial charge in [-0.1, -0.05) is 12.1 Å². The molecule has 112 valence electrons. The lowest BCUT2D eigenvalue weighted by Gasteiger charge is -2.24. The number of alkyl halides is 2. The predicted octanol–water partition coefficient (Wildman–Crippen LogP) is 1.68. The number of halogens is 2. The molecule has 8 heteroatoms. The van der Waals surface area contributed by atoms with Crippen LogP contribution in [0.2, 0.25) is 0 Å². The monoisotopic (exact) mass is 307 g/mol. The van der Waals surface area contributed by atoms with Crippen molar-refractivity contribution in [2.45, 2.75) is 17.6 Å². The van der Waals surface area contributed by atoms with Crippen LogP contribution in [0.3, 0.4) is 0 Å². The van der Waals surface area contributed by atoms with Gasteiger partial charge in [0, 0.05) is 6.54 Å². The maximum absolute atomic E-state index is 12.7. The summed E-state index contributed by atoms with van der Waals surface area (Å²) in [6.45, 7) is 1.72. The zero-order valence-corrected chi connectivity index (χ0v) is 11.9. The zero-order chi connectivity index (χ0) is 15.3. The van der Waals surface area contributed by atoms with E-state index >= 15 is 0 Å². The fourth-order valence-electron chi connectivity index (χ4n) is 1.64. The molecule has 0 aromatic heterocycles. The number of likely N-dealkylation sites (N-methyl/N-ethyl adjacent to an activating group) is 1. The average Bonchev–Trinajstić information content (AvgIpc) is 2.44. The summed E-state index contributed by atoms with van der Waals surface area (Å²) in [5.41, 5.74) is 0.0562. The molecule has 0 aliphatic carbocycles. The molecular formula is C12H15F2NO4S. The summed E-state index contributed by atoms with van der Waals surface area (Å²) in [7, 11) is -3.54. The number of carbonyl (C=O) groups excluding carboxylic acids is 1. The highest BCUT2D eigenvalue weighted by Gasteiger charge is 2.30. The number of methoxy groups -OCH3 is 1. The minimum Gasteiger partial charge on any atom is -0.468 e. The van der Waals surface area contributed by atoms with Crippen LogP contribution in [-0.4, -0.2) is 40.3 Å². The van der Waals surface area contributed by atoms with Gasteiger partial charge >= 0.3 is 11.7 Å². The number of rotatable bonds is 6. The van der Waals surface area contributed by atoms with Crippen molar-refractivity contribution < 1.29 is 26.7 Å². The van der Waals surface area contributed by atoms with Crippen molar-refractivity contribution in [3.05, 3.63) is 24.3 Å². The quantitative estimate of drug-likeness (QED) is 0.748. The second kappa shape index (κ2) is 6.65. The van der Waals surface area contributed by atoms with E-state index in [0.717, 1.165) is 6.07 Å². The third-order valence-corrected chi connectivity index (χ3v) is 4.10. The molecule has 0 bridgehead atoms. The van der Waals surface area contributed by atoms with Crippen LogP contribution < -0.4 is 4.90 Å². The molecule has 0 aliphatic heterocycles. The second-order valence-electron chi connectivity index (χ2n) is 3.86. The van der Waals surface area contributed by atoms with Gasteiger partial charge in [-0.3, -0.25) is 4.79 Å². The first-order valence-electron chi connectivity index (χ1n) is 5.77. The van der Waals surface area contributed by atoms with Crippen LogP contribution in [0, 0.1) is 0 Å². The number of sulfone groups is 1. The Balaban J connectivity index is 3.28. The number of hydrogen-bond acceptors (Lipinski definition) is 5.